The minimum Gasteiger partial charge on any atom is -0.425 e. The van der Waals surface area contributed by atoms with E-state index in [1.807, 2.05) is 44.2 Å². The molecule has 0 aromatic heterocycles. The van der Waals surface area contributed by atoms with Crippen molar-refractivity contribution in [1.82, 2.24) is 0 Å². The molecule has 184 valence electrons. The predicted molar refractivity (Wildman–Crippen MR) is 142 cm³/mol. The number of hydrogen-bond donors (Lipinski definition) is 0. The molecule has 6 heteroatoms. The average Bonchev–Trinajstić information content (AvgIpc) is 2.85. The molecule has 0 fully saturated rings. The molecule has 0 N–H and O–H groups in total. The van der Waals surface area contributed by atoms with Gasteiger partial charge in [0.2, 0.25) is 0 Å². The molecule has 0 aliphatic carbocycles. The molecule has 4 nitrogen and oxygen atoms in total. The third kappa shape index (κ3) is 7.58. The first-order chi connectivity index (χ1) is 16.8. The van der Waals surface area contributed by atoms with Crippen LogP contribution in [0.3, 0.4) is 0 Å². The number of carbonyl (C=O) groups excluding carboxylic acids is 2. The summed E-state index contributed by atoms with van der Waals surface area (Å²) in [6.45, 7) is 5.89. The zero-order valence-corrected chi connectivity index (χ0v) is 21.7. The lowest BCUT2D eigenvalue weighted by Crippen LogP contribution is -2.25. The maximum atomic E-state index is 12.6. The summed E-state index contributed by atoms with van der Waals surface area (Å²) in [6.07, 6.45) is 4.28. The normalized spacial score (nSPS) is 11.8. The molecule has 1 unspecified atom stereocenters. The Morgan fingerprint density at radius 2 is 1.40 bits per heavy atom. The molecule has 0 saturated carbocycles. The quantitative estimate of drug-likeness (QED) is 0.119. The molecule has 35 heavy (non-hydrogen) atoms. The number of ether oxygens (including phenoxy) is 2. The van der Waals surface area contributed by atoms with Crippen LogP contribution in [-0.2, 0) is 11.2 Å². The lowest BCUT2D eigenvalue weighted by atomic mass is 10.0. The second-order valence-corrected chi connectivity index (χ2v) is 9.65. The molecule has 0 saturated heterocycles. The van der Waals surface area contributed by atoms with E-state index >= 15 is 0 Å². The SMILES string of the molecule is CCCCCc1ccc(C(=O)Oc2ccc(-c3ccc(OC(=O)C(Cl)C(C)C)cc3)cc2)cc1Cl. The molecule has 3 rings (SSSR count). The van der Waals surface area contributed by atoms with E-state index in [4.69, 9.17) is 32.7 Å². The van der Waals surface area contributed by atoms with Crippen molar-refractivity contribution in [3.8, 4) is 22.6 Å². The third-order valence-electron chi connectivity index (χ3n) is 5.62. The zero-order valence-electron chi connectivity index (χ0n) is 20.2. The minimum atomic E-state index is -0.690. The van der Waals surface area contributed by atoms with Gasteiger partial charge in [0.25, 0.3) is 0 Å². The molecule has 3 aromatic carbocycles. The Kier molecular flexibility index (Phi) is 9.76. The van der Waals surface area contributed by atoms with E-state index in [1.54, 1.807) is 36.4 Å². The highest BCUT2D eigenvalue weighted by Crippen LogP contribution is 2.26. The monoisotopic (exact) mass is 512 g/mol. The lowest BCUT2D eigenvalue weighted by molar-refractivity contribution is -0.134. The van der Waals surface area contributed by atoms with Gasteiger partial charge in [-0.3, -0.25) is 4.79 Å². The topological polar surface area (TPSA) is 52.6 Å². The van der Waals surface area contributed by atoms with Crippen LogP contribution < -0.4 is 9.47 Å². The van der Waals surface area contributed by atoms with Gasteiger partial charge in [-0.15, -0.1) is 11.6 Å². The lowest BCUT2D eigenvalue weighted by Gasteiger charge is -2.12. The summed E-state index contributed by atoms with van der Waals surface area (Å²) in [7, 11) is 0. The van der Waals surface area contributed by atoms with Gasteiger partial charge in [-0.05, 0) is 71.8 Å². The summed E-state index contributed by atoms with van der Waals surface area (Å²) in [5.74, 6) is -0.0548. The van der Waals surface area contributed by atoms with Gasteiger partial charge in [0.05, 0.1) is 5.56 Å². The summed E-state index contributed by atoms with van der Waals surface area (Å²) in [5, 5.41) is -0.101. The molecular weight excluding hydrogens is 483 g/mol. The molecule has 0 heterocycles. The van der Waals surface area contributed by atoms with Crippen molar-refractivity contribution in [2.45, 2.75) is 51.8 Å². The van der Waals surface area contributed by atoms with Crippen molar-refractivity contribution in [2.24, 2.45) is 5.92 Å². The van der Waals surface area contributed by atoms with Crippen molar-refractivity contribution in [1.29, 1.82) is 0 Å². The van der Waals surface area contributed by atoms with Crippen LogP contribution in [0.5, 0.6) is 11.5 Å². The summed E-state index contributed by atoms with van der Waals surface area (Å²) in [4.78, 5) is 24.6. The number of alkyl halides is 1. The van der Waals surface area contributed by atoms with E-state index in [9.17, 15) is 9.59 Å². The number of rotatable bonds is 10. The van der Waals surface area contributed by atoms with Gasteiger partial charge in [-0.25, -0.2) is 4.79 Å². The average molecular weight is 513 g/mol. The molecular formula is C29H30Cl2O4. The Bertz CT molecular complexity index is 1140. The van der Waals surface area contributed by atoms with E-state index in [-0.39, 0.29) is 5.92 Å². The van der Waals surface area contributed by atoms with Gasteiger partial charge in [0, 0.05) is 5.02 Å². The maximum Gasteiger partial charge on any atom is 0.343 e. The van der Waals surface area contributed by atoms with Crippen molar-refractivity contribution >= 4 is 35.1 Å². The highest BCUT2D eigenvalue weighted by Gasteiger charge is 2.21. The first-order valence-electron chi connectivity index (χ1n) is 11.9. The number of hydrogen-bond acceptors (Lipinski definition) is 4. The Labute approximate surface area is 217 Å². The fraction of sp³-hybridized carbons (Fsp3) is 0.310. The summed E-state index contributed by atoms with van der Waals surface area (Å²) in [5.41, 5.74) is 3.32. The zero-order chi connectivity index (χ0) is 25.4. The Balaban J connectivity index is 1.60. The fourth-order valence-electron chi connectivity index (χ4n) is 3.48. The van der Waals surface area contributed by atoms with E-state index in [2.05, 4.69) is 6.92 Å². The first-order valence-corrected chi connectivity index (χ1v) is 12.7. The highest BCUT2D eigenvalue weighted by atomic mass is 35.5. The van der Waals surface area contributed by atoms with Gasteiger partial charge < -0.3 is 9.47 Å². The number of halogens is 2. The van der Waals surface area contributed by atoms with Gasteiger partial charge in [0.15, 0.2) is 0 Å². The van der Waals surface area contributed by atoms with Gasteiger partial charge in [0.1, 0.15) is 16.9 Å². The molecule has 3 aromatic rings. The Morgan fingerprint density at radius 3 is 1.91 bits per heavy atom. The Morgan fingerprint density at radius 1 is 0.829 bits per heavy atom. The molecule has 0 aliphatic heterocycles. The first kappa shape index (κ1) is 26.8. The maximum absolute atomic E-state index is 12.6. The van der Waals surface area contributed by atoms with Crippen LogP contribution in [0.25, 0.3) is 11.1 Å². The Hall–Kier alpha value is -2.82. The molecule has 0 radical (unpaired) electrons. The van der Waals surface area contributed by atoms with Crippen LogP contribution in [0, 0.1) is 5.92 Å². The summed E-state index contributed by atoms with van der Waals surface area (Å²) < 4.78 is 10.9. The van der Waals surface area contributed by atoms with Crippen molar-refractivity contribution < 1.29 is 19.1 Å². The van der Waals surface area contributed by atoms with E-state index in [0.717, 1.165) is 42.4 Å². The molecule has 0 bridgehead atoms. The number of aryl methyl sites for hydroxylation is 1. The third-order valence-corrected chi connectivity index (χ3v) is 6.65. The van der Waals surface area contributed by atoms with Crippen molar-refractivity contribution in [2.75, 3.05) is 0 Å². The molecule has 0 aliphatic rings. The minimum absolute atomic E-state index is 0.0112. The number of carbonyl (C=O) groups is 2. The van der Waals surface area contributed by atoms with Crippen LogP contribution in [-0.4, -0.2) is 17.3 Å². The van der Waals surface area contributed by atoms with Crippen LogP contribution in [0.1, 0.15) is 56.0 Å². The summed E-state index contributed by atoms with van der Waals surface area (Å²) in [6, 6.07) is 19.7. The van der Waals surface area contributed by atoms with Crippen LogP contribution >= 0.6 is 23.2 Å². The fourth-order valence-corrected chi connectivity index (χ4v) is 3.80. The molecule has 1 atom stereocenters. The van der Waals surface area contributed by atoms with E-state index < -0.39 is 17.3 Å². The molecule has 0 amide bonds. The number of unbranched alkanes of at least 4 members (excludes halogenated alkanes) is 2. The second kappa shape index (κ2) is 12.8. The number of benzene rings is 3. The predicted octanol–water partition coefficient (Wildman–Crippen LogP) is 8.13. The molecule has 0 spiro atoms. The van der Waals surface area contributed by atoms with Crippen LogP contribution in [0.4, 0.5) is 0 Å². The summed E-state index contributed by atoms with van der Waals surface area (Å²) >= 11 is 12.4. The van der Waals surface area contributed by atoms with Crippen LogP contribution in [0.2, 0.25) is 5.02 Å². The van der Waals surface area contributed by atoms with Gasteiger partial charge in [-0.2, -0.15) is 0 Å². The van der Waals surface area contributed by atoms with Gasteiger partial charge >= 0.3 is 11.9 Å². The highest BCUT2D eigenvalue weighted by molar-refractivity contribution is 6.31. The number of esters is 2. The van der Waals surface area contributed by atoms with E-state index in [1.165, 1.54) is 0 Å². The largest absolute Gasteiger partial charge is 0.425 e. The van der Waals surface area contributed by atoms with Crippen molar-refractivity contribution in [3.63, 3.8) is 0 Å². The van der Waals surface area contributed by atoms with Crippen molar-refractivity contribution in [3.05, 3.63) is 82.9 Å². The second-order valence-electron chi connectivity index (χ2n) is 8.77. The smallest absolute Gasteiger partial charge is 0.343 e. The van der Waals surface area contributed by atoms with Crippen LogP contribution in [0.15, 0.2) is 66.7 Å². The standard InChI is InChI=1S/C29H30Cl2O4/c1-4-5-6-7-22-8-9-23(18-26(22)30)28(32)34-24-14-10-20(11-15-24)21-12-16-25(17-13-21)35-29(33)27(31)19(2)3/h8-19,27H,4-7H2,1-3H3. The van der Waals surface area contributed by atoms with Gasteiger partial charge in [-0.1, -0.05) is 75.5 Å². The van der Waals surface area contributed by atoms with E-state index in [0.29, 0.717) is 22.1 Å².